The molecule has 46 heavy (non-hydrogen) atoms. The van der Waals surface area contributed by atoms with Crippen LogP contribution in [0.15, 0.2) is 24.4 Å². The topological polar surface area (TPSA) is 164 Å². The molecule has 2 heterocycles. The lowest BCUT2D eigenvalue weighted by Gasteiger charge is -2.23. The highest BCUT2D eigenvalue weighted by molar-refractivity contribution is 7.52. The molecule has 1 fully saturated rings. The summed E-state index contributed by atoms with van der Waals surface area (Å²) in [7, 11) is -4.26. The Labute approximate surface area is 278 Å². The van der Waals surface area contributed by atoms with Crippen molar-refractivity contribution in [3.63, 3.8) is 0 Å². The van der Waals surface area contributed by atoms with Crippen LogP contribution in [-0.4, -0.2) is 66.1 Å². The molecule has 0 unspecified atom stereocenters. The molecule has 3 rings (SSSR count). The first kappa shape index (κ1) is 37.7. The number of hydrogen-bond donors (Lipinski definition) is 2. The predicted octanol–water partition coefficient (Wildman–Crippen LogP) is 5.37. The van der Waals surface area contributed by atoms with Gasteiger partial charge in [-0.3, -0.25) is 37.5 Å². The van der Waals surface area contributed by atoms with Crippen molar-refractivity contribution in [1.82, 2.24) is 20.4 Å². The number of aromatic nitrogens is 2. The number of amides is 1. The second-order valence-corrected chi connectivity index (χ2v) is 15.7. The average molecular weight is 704 g/mol. The van der Waals surface area contributed by atoms with Gasteiger partial charge in [0, 0.05) is 24.2 Å². The summed E-state index contributed by atoms with van der Waals surface area (Å²) in [5, 5.41) is 10.8. The summed E-state index contributed by atoms with van der Waals surface area (Å²) in [6, 6.07) is 4.54. The number of carbonyl (C=O) groups is 4. The van der Waals surface area contributed by atoms with Gasteiger partial charge in [0.05, 0.1) is 26.4 Å². The molecule has 0 saturated carbocycles. The van der Waals surface area contributed by atoms with Crippen LogP contribution in [0.1, 0.15) is 80.8 Å². The molecule has 16 heteroatoms. The van der Waals surface area contributed by atoms with Gasteiger partial charge in [-0.15, -0.1) is 0 Å². The lowest BCUT2D eigenvalue weighted by atomic mass is 9.98. The molecular formula is C30H41Cl2N4O9P. The maximum Gasteiger partial charge on any atom is 0.357 e. The number of ketones is 1. The normalized spacial score (nSPS) is 14.5. The van der Waals surface area contributed by atoms with E-state index >= 15 is 0 Å². The van der Waals surface area contributed by atoms with E-state index in [0.29, 0.717) is 12.8 Å². The highest BCUT2D eigenvalue weighted by atomic mass is 35.5. The molecule has 1 aliphatic rings. The fraction of sp³-hybridized carbons (Fsp3) is 0.567. The molecule has 1 aromatic heterocycles. The molecule has 2 aromatic rings. The molecule has 0 atom stereocenters. The summed E-state index contributed by atoms with van der Waals surface area (Å²) in [6.45, 7) is 9.80. The summed E-state index contributed by atoms with van der Waals surface area (Å²) in [5.74, 6) is -2.24. The molecule has 0 radical (unpaired) electrons. The Balaban J connectivity index is 1.90. The van der Waals surface area contributed by atoms with Gasteiger partial charge in [-0.25, -0.2) is 0 Å². The number of benzene rings is 1. The number of rotatable bonds is 13. The van der Waals surface area contributed by atoms with Gasteiger partial charge in [0.25, 0.3) is 5.91 Å². The Kier molecular flexibility index (Phi) is 13.0. The minimum atomic E-state index is -4.26. The first-order valence-corrected chi connectivity index (χ1v) is 17.2. The maximum atomic E-state index is 13.9. The molecule has 0 spiro atoms. The van der Waals surface area contributed by atoms with E-state index in [-0.39, 0.29) is 39.3 Å². The SMILES string of the molecule is CC(C)(C)C(=O)OCOP(=O)(Cn1cc(CC(=O)c2c(Cl)cccc2Cl)c(C(=O)NC2CCNCC2)n1)OCOC(=O)C(C)(C)C. The summed E-state index contributed by atoms with van der Waals surface area (Å²) in [6.07, 6.45) is 1.88. The lowest BCUT2D eigenvalue weighted by Crippen LogP contribution is -2.43. The third-order valence-electron chi connectivity index (χ3n) is 6.74. The third-order valence-corrected chi connectivity index (χ3v) is 9.00. The predicted molar refractivity (Wildman–Crippen MR) is 171 cm³/mol. The molecule has 254 valence electrons. The molecule has 1 aliphatic heterocycles. The van der Waals surface area contributed by atoms with Crippen molar-refractivity contribution in [2.45, 2.75) is 73.1 Å². The van der Waals surface area contributed by atoms with Gasteiger partial charge >= 0.3 is 19.5 Å². The van der Waals surface area contributed by atoms with E-state index in [1.807, 2.05) is 0 Å². The van der Waals surface area contributed by atoms with Crippen LogP contribution in [0.3, 0.4) is 0 Å². The van der Waals surface area contributed by atoms with Gasteiger partial charge in [-0.05, 0) is 79.6 Å². The van der Waals surface area contributed by atoms with E-state index in [2.05, 4.69) is 15.7 Å². The number of esters is 2. The lowest BCUT2D eigenvalue weighted by molar-refractivity contribution is -0.162. The van der Waals surface area contributed by atoms with Gasteiger partial charge in [0.1, 0.15) is 6.29 Å². The largest absolute Gasteiger partial charge is 0.438 e. The summed E-state index contributed by atoms with van der Waals surface area (Å²) in [5.41, 5.74) is -1.51. The third kappa shape index (κ3) is 10.9. The molecule has 0 bridgehead atoms. The fourth-order valence-corrected chi connectivity index (χ4v) is 5.92. The van der Waals surface area contributed by atoms with Crippen LogP contribution in [0.5, 0.6) is 0 Å². The van der Waals surface area contributed by atoms with Crippen molar-refractivity contribution in [3.8, 4) is 0 Å². The van der Waals surface area contributed by atoms with Gasteiger partial charge in [0.2, 0.25) is 13.6 Å². The minimum absolute atomic E-state index is 0.0834. The Bertz CT molecular complexity index is 1420. The molecule has 0 aliphatic carbocycles. The molecule has 1 amide bonds. The molecule has 1 aromatic carbocycles. The molecule has 1 saturated heterocycles. The van der Waals surface area contributed by atoms with Crippen molar-refractivity contribution in [1.29, 1.82) is 0 Å². The quantitative estimate of drug-likeness (QED) is 0.119. The zero-order valence-electron chi connectivity index (χ0n) is 26.8. The second-order valence-electron chi connectivity index (χ2n) is 12.8. The van der Waals surface area contributed by atoms with E-state index in [1.54, 1.807) is 47.6 Å². The van der Waals surface area contributed by atoms with E-state index in [9.17, 15) is 23.7 Å². The smallest absolute Gasteiger partial charge is 0.357 e. The van der Waals surface area contributed by atoms with Gasteiger partial charge in [-0.1, -0.05) is 29.3 Å². The number of piperidine rings is 1. The van der Waals surface area contributed by atoms with Gasteiger partial charge < -0.3 is 20.1 Å². The first-order chi connectivity index (χ1) is 21.4. The number of nitrogens with zero attached hydrogens (tertiary/aromatic N) is 2. The van der Waals surface area contributed by atoms with Crippen molar-refractivity contribution in [2.24, 2.45) is 10.8 Å². The summed E-state index contributed by atoms with van der Waals surface area (Å²) >= 11 is 12.5. The Morgan fingerprint density at radius 2 is 1.48 bits per heavy atom. The average Bonchev–Trinajstić information content (AvgIpc) is 3.33. The second kappa shape index (κ2) is 15.9. The van der Waals surface area contributed by atoms with Crippen LogP contribution in [0, 0.1) is 10.8 Å². The van der Waals surface area contributed by atoms with Gasteiger partial charge in [0.15, 0.2) is 11.5 Å². The van der Waals surface area contributed by atoms with Crippen LogP contribution >= 0.6 is 30.8 Å². The minimum Gasteiger partial charge on any atom is -0.438 e. The van der Waals surface area contributed by atoms with Crippen molar-refractivity contribution in [3.05, 3.63) is 51.3 Å². The van der Waals surface area contributed by atoms with Crippen molar-refractivity contribution < 1.29 is 42.3 Å². The van der Waals surface area contributed by atoms with Crippen LogP contribution in [0.25, 0.3) is 0 Å². The highest BCUT2D eigenvalue weighted by Crippen LogP contribution is 2.50. The maximum absolute atomic E-state index is 13.9. The molecule has 13 nitrogen and oxygen atoms in total. The van der Waals surface area contributed by atoms with Crippen LogP contribution in [-0.2, 0) is 45.4 Å². The Morgan fingerprint density at radius 1 is 0.957 bits per heavy atom. The Morgan fingerprint density at radius 3 is 1.98 bits per heavy atom. The first-order valence-electron chi connectivity index (χ1n) is 14.7. The number of ether oxygens (including phenoxy) is 2. The zero-order chi connectivity index (χ0) is 34.3. The van der Waals surface area contributed by atoms with E-state index < -0.39 is 61.9 Å². The fourth-order valence-electron chi connectivity index (χ4n) is 4.15. The highest BCUT2D eigenvalue weighted by Gasteiger charge is 2.32. The van der Waals surface area contributed by atoms with Crippen LogP contribution in [0.4, 0.5) is 0 Å². The van der Waals surface area contributed by atoms with Crippen molar-refractivity contribution >= 4 is 54.4 Å². The summed E-state index contributed by atoms with van der Waals surface area (Å²) in [4.78, 5) is 51.3. The standard InChI is InChI=1S/C30H41Cl2N4O9P/c1-29(2,3)27(39)42-17-44-46(41,45-18-43-28(40)30(4,5)6)16-36-15-19(14-23(37)24-21(31)8-7-9-22(24)32)25(35-36)26(38)34-20-10-12-33-13-11-20/h7-9,15,20,33H,10-14,16-18H2,1-6H3,(H,34,38). The molecule has 2 N–H and O–H groups in total. The summed E-state index contributed by atoms with van der Waals surface area (Å²) < 4.78 is 36.1. The number of carbonyl (C=O) groups excluding carboxylic acids is 4. The number of halogens is 2. The zero-order valence-corrected chi connectivity index (χ0v) is 29.2. The Hall–Kier alpha value is -2.80. The van der Waals surface area contributed by atoms with Gasteiger partial charge in [-0.2, -0.15) is 5.10 Å². The number of hydrogen-bond acceptors (Lipinski definition) is 11. The monoisotopic (exact) mass is 702 g/mol. The van der Waals surface area contributed by atoms with E-state index in [0.717, 1.165) is 17.8 Å². The van der Waals surface area contributed by atoms with E-state index in [4.69, 9.17) is 41.7 Å². The number of nitrogens with one attached hydrogen (secondary N) is 2. The van der Waals surface area contributed by atoms with Crippen molar-refractivity contribution in [2.75, 3.05) is 26.7 Å². The van der Waals surface area contributed by atoms with Crippen LogP contribution in [0.2, 0.25) is 10.0 Å². The van der Waals surface area contributed by atoms with Crippen LogP contribution < -0.4 is 10.6 Å². The number of Topliss-reactive ketones (excluding diaryl/α,β-unsaturated/α-hetero) is 1. The van der Waals surface area contributed by atoms with E-state index in [1.165, 1.54) is 18.3 Å². The molecular weight excluding hydrogens is 662 g/mol.